The van der Waals surface area contributed by atoms with Gasteiger partial charge in [0.25, 0.3) is 0 Å². The van der Waals surface area contributed by atoms with Crippen LogP contribution in [0, 0.1) is 5.41 Å². The molecule has 0 atom stereocenters. The van der Waals surface area contributed by atoms with Crippen LogP contribution in [-0.2, 0) is 11.3 Å². The van der Waals surface area contributed by atoms with Crippen LogP contribution in [0.15, 0.2) is 17.5 Å². The summed E-state index contributed by atoms with van der Waals surface area (Å²) in [5, 5.41) is 5.58. The van der Waals surface area contributed by atoms with E-state index in [0.29, 0.717) is 5.41 Å². The van der Waals surface area contributed by atoms with Crippen LogP contribution in [0.4, 0.5) is 0 Å². The lowest BCUT2D eigenvalue weighted by atomic mass is 9.89. The van der Waals surface area contributed by atoms with E-state index in [1.54, 1.807) is 11.3 Å². The van der Waals surface area contributed by atoms with E-state index >= 15 is 0 Å². The van der Waals surface area contributed by atoms with E-state index in [1.807, 2.05) is 0 Å². The maximum absolute atomic E-state index is 5.19. The second-order valence-corrected chi connectivity index (χ2v) is 5.02. The fourth-order valence-electron chi connectivity index (χ4n) is 1.45. The fourth-order valence-corrected chi connectivity index (χ4v) is 2.13. The monoisotopic (exact) mass is 197 g/mol. The number of rotatable bonds is 4. The Morgan fingerprint density at radius 2 is 2.46 bits per heavy atom. The average molecular weight is 197 g/mol. The van der Waals surface area contributed by atoms with Gasteiger partial charge in [0.2, 0.25) is 0 Å². The molecule has 72 valence electrons. The first-order chi connectivity index (χ1) is 6.29. The number of nitrogens with one attached hydrogen (secondary N) is 1. The first kappa shape index (κ1) is 9.19. The molecule has 1 aliphatic heterocycles. The molecule has 2 heterocycles. The van der Waals surface area contributed by atoms with E-state index < -0.39 is 0 Å². The lowest BCUT2D eigenvalue weighted by Gasteiger charge is -2.38. The van der Waals surface area contributed by atoms with Gasteiger partial charge in [0.1, 0.15) is 0 Å². The van der Waals surface area contributed by atoms with Crippen LogP contribution >= 0.6 is 11.3 Å². The van der Waals surface area contributed by atoms with E-state index in [-0.39, 0.29) is 0 Å². The Kier molecular flexibility index (Phi) is 2.67. The van der Waals surface area contributed by atoms with Crippen molar-refractivity contribution in [3.63, 3.8) is 0 Å². The highest BCUT2D eigenvalue weighted by molar-refractivity contribution is 7.09. The van der Waals surface area contributed by atoms with Gasteiger partial charge in [-0.2, -0.15) is 0 Å². The van der Waals surface area contributed by atoms with Crippen LogP contribution in [0.5, 0.6) is 0 Å². The van der Waals surface area contributed by atoms with Crippen molar-refractivity contribution < 1.29 is 4.74 Å². The molecule has 1 N–H and O–H groups in total. The minimum Gasteiger partial charge on any atom is -0.380 e. The van der Waals surface area contributed by atoms with Crippen molar-refractivity contribution in [2.24, 2.45) is 5.41 Å². The predicted molar refractivity (Wildman–Crippen MR) is 55.0 cm³/mol. The average Bonchev–Trinajstić information content (AvgIpc) is 2.54. The highest BCUT2D eigenvalue weighted by atomic mass is 32.1. The summed E-state index contributed by atoms with van der Waals surface area (Å²) in [6.07, 6.45) is 0. The van der Waals surface area contributed by atoms with Crippen molar-refractivity contribution in [2.75, 3.05) is 19.8 Å². The van der Waals surface area contributed by atoms with Crippen molar-refractivity contribution in [1.29, 1.82) is 0 Å². The van der Waals surface area contributed by atoms with Gasteiger partial charge in [-0.25, -0.2) is 0 Å². The first-order valence-corrected chi connectivity index (χ1v) is 5.47. The smallest absolute Gasteiger partial charge is 0.0554 e. The number of hydrogen-bond donors (Lipinski definition) is 1. The zero-order valence-electron chi connectivity index (χ0n) is 7.88. The maximum Gasteiger partial charge on any atom is 0.0554 e. The summed E-state index contributed by atoms with van der Waals surface area (Å²) in [5.74, 6) is 0. The molecule has 13 heavy (non-hydrogen) atoms. The zero-order chi connectivity index (χ0) is 9.15. The van der Waals surface area contributed by atoms with Gasteiger partial charge in [0.15, 0.2) is 0 Å². The molecule has 0 amide bonds. The van der Waals surface area contributed by atoms with Crippen LogP contribution in [0.3, 0.4) is 0 Å². The quantitative estimate of drug-likeness (QED) is 0.795. The molecule has 1 fully saturated rings. The number of thiophene rings is 1. The van der Waals surface area contributed by atoms with E-state index in [9.17, 15) is 0 Å². The highest BCUT2D eigenvalue weighted by Gasteiger charge is 2.32. The Labute approximate surface area is 82.9 Å². The molecule has 3 heteroatoms. The number of ether oxygens (including phenoxy) is 1. The summed E-state index contributed by atoms with van der Waals surface area (Å²) in [5.41, 5.74) is 0.386. The van der Waals surface area contributed by atoms with E-state index in [0.717, 1.165) is 26.3 Å². The van der Waals surface area contributed by atoms with Crippen molar-refractivity contribution in [2.45, 2.75) is 13.5 Å². The fraction of sp³-hybridized carbons (Fsp3) is 0.600. The Hall–Kier alpha value is -0.380. The van der Waals surface area contributed by atoms with E-state index in [2.05, 4.69) is 29.8 Å². The minimum atomic E-state index is 0.386. The van der Waals surface area contributed by atoms with E-state index in [4.69, 9.17) is 4.74 Å². The summed E-state index contributed by atoms with van der Waals surface area (Å²) < 4.78 is 5.19. The van der Waals surface area contributed by atoms with Crippen LogP contribution in [-0.4, -0.2) is 19.8 Å². The van der Waals surface area contributed by atoms with Crippen molar-refractivity contribution in [1.82, 2.24) is 5.32 Å². The molecule has 1 aromatic rings. The van der Waals surface area contributed by atoms with Crippen molar-refractivity contribution in [3.8, 4) is 0 Å². The Morgan fingerprint density at radius 1 is 1.62 bits per heavy atom. The largest absolute Gasteiger partial charge is 0.380 e. The molecule has 1 aliphatic rings. The van der Waals surface area contributed by atoms with Gasteiger partial charge in [-0.1, -0.05) is 13.0 Å². The van der Waals surface area contributed by atoms with Crippen LogP contribution < -0.4 is 5.32 Å². The maximum atomic E-state index is 5.19. The second-order valence-electron chi connectivity index (χ2n) is 3.99. The molecule has 1 aromatic heterocycles. The van der Waals surface area contributed by atoms with Gasteiger partial charge in [0.05, 0.1) is 13.2 Å². The molecule has 2 rings (SSSR count). The SMILES string of the molecule is CC1(CNCc2cccs2)COC1. The van der Waals surface area contributed by atoms with Crippen LogP contribution in [0.1, 0.15) is 11.8 Å². The lowest BCUT2D eigenvalue weighted by molar-refractivity contribution is -0.0991. The van der Waals surface area contributed by atoms with Crippen molar-refractivity contribution in [3.05, 3.63) is 22.4 Å². The molecule has 0 unspecified atom stereocenters. The van der Waals surface area contributed by atoms with Crippen LogP contribution in [0.2, 0.25) is 0 Å². The summed E-state index contributed by atoms with van der Waals surface area (Å²) in [6.45, 7) is 6.13. The topological polar surface area (TPSA) is 21.3 Å². The molecule has 0 saturated carbocycles. The van der Waals surface area contributed by atoms with Gasteiger partial charge in [-0.3, -0.25) is 0 Å². The van der Waals surface area contributed by atoms with Crippen molar-refractivity contribution >= 4 is 11.3 Å². The summed E-state index contributed by atoms with van der Waals surface area (Å²) in [4.78, 5) is 1.41. The molecule has 0 aromatic carbocycles. The van der Waals surface area contributed by atoms with Gasteiger partial charge in [0, 0.05) is 23.4 Å². The summed E-state index contributed by atoms with van der Waals surface area (Å²) in [6, 6.07) is 4.26. The third-order valence-corrected chi connectivity index (χ3v) is 3.21. The Bertz CT molecular complexity index is 254. The van der Waals surface area contributed by atoms with Gasteiger partial charge in [-0.15, -0.1) is 11.3 Å². The van der Waals surface area contributed by atoms with Gasteiger partial charge in [-0.05, 0) is 11.4 Å². The van der Waals surface area contributed by atoms with Crippen LogP contribution in [0.25, 0.3) is 0 Å². The number of hydrogen-bond acceptors (Lipinski definition) is 3. The summed E-state index contributed by atoms with van der Waals surface area (Å²) >= 11 is 1.81. The molecular formula is C10H15NOS. The molecule has 0 aliphatic carbocycles. The lowest BCUT2D eigenvalue weighted by Crippen LogP contribution is -2.47. The zero-order valence-corrected chi connectivity index (χ0v) is 8.69. The van der Waals surface area contributed by atoms with Gasteiger partial charge >= 0.3 is 0 Å². The Balaban J connectivity index is 1.69. The third-order valence-electron chi connectivity index (χ3n) is 2.33. The molecule has 1 saturated heterocycles. The Morgan fingerprint density at radius 3 is 3.00 bits per heavy atom. The first-order valence-electron chi connectivity index (χ1n) is 4.59. The highest BCUT2D eigenvalue weighted by Crippen LogP contribution is 2.25. The summed E-state index contributed by atoms with van der Waals surface area (Å²) in [7, 11) is 0. The molecular weight excluding hydrogens is 182 g/mol. The third kappa shape index (κ3) is 2.30. The molecule has 2 nitrogen and oxygen atoms in total. The van der Waals surface area contributed by atoms with Gasteiger partial charge < -0.3 is 10.1 Å². The molecule has 0 radical (unpaired) electrons. The molecule has 0 spiro atoms. The second kappa shape index (κ2) is 3.78. The molecule has 0 bridgehead atoms. The predicted octanol–water partition coefficient (Wildman–Crippen LogP) is 1.87. The van der Waals surface area contributed by atoms with E-state index in [1.165, 1.54) is 4.88 Å². The normalized spacial score (nSPS) is 19.8. The minimum absolute atomic E-state index is 0.386. The standard InChI is InChI=1S/C10H15NOS/c1-10(7-12-8-10)6-11-5-9-3-2-4-13-9/h2-4,11H,5-8H2,1H3.